The van der Waals surface area contributed by atoms with Gasteiger partial charge in [0, 0.05) is 35.8 Å². The number of hydrogen-bond donors (Lipinski definition) is 2. The molecule has 0 bridgehead atoms. The van der Waals surface area contributed by atoms with E-state index in [1.54, 1.807) is 36.4 Å². The number of alkyl halides is 1. The lowest BCUT2D eigenvalue weighted by Gasteiger charge is -2.35. The van der Waals surface area contributed by atoms with E-state index < -0.39 is 5.67 Å². The summed E-state index contributed by atoms with van der Waals surface area (Å²) < 4.78 is 14.0. The van der Waals surface area contributed by atoms with Crippen molar-refractivity contribution >= 4 is 35.6 Å². The van der Waals surface area contributed by atoms with Gasteiger partial charge in [-0.15, -0.1) is 12.4 Å². The Hall–Kier alpha value is -1.62. The van der Waals surface area contributed by atoms with Crippen molar-refractivity contribution < 1.29 is 9.18 Å². The van der Waals surface area contributed by atoms with Crippen molar-refractivity contribution in [1.29, 1.82) is 0 Å². The predicted octanol–water partition coefficient (Wildman–Crippen LogP) is 3.87. The second-order valence-corrected chi connectivity index (χ2v) is 6.03. The van der Waals surface area contributed by atoms with Crippen molar-refractivity contribution in [2.45, 2.75) is 12.1 Å². The van der Waals surface area contributed by atoms with Gasteiger partial charge in [-0.05, 0) is 42.0 Å². The minimum atomic E-state index is -1.13. The van der Waals surface area contributed by atoms with E-state index in [4.69, 9.17) is 11.6 Å². The first kappa shape index (κ1) is 17.7. The number of benzene rings is 2. The standard InChI is InChI=1S/C17H16ClFN2O.ClH/c18-14-5-3-13(4-6-14)16(22)21-15-7-1-12(2-8-15)9-17(19)10-20-11-17;/h1-8,20H,9-11H2,(H,21,22);1H. The highest BCUT2D eigenvalue weighted by Gasteiger charge is 2.36. The van der Waals surface area contributed by atoms with Crippen molar-refractivity contribution in [3.63, 3.8) is 0 Å². The van der Waals surface area contributed by atoms with Crippen LogP contribution in [-0.4, -0.2) is 24.7 Å². The number of carbonyl (C=O) groups is 1. The molecule has 1 aliphatic heterocycles. The molecule has 0 unspecified atom stereocenters. The molecule has 0 aromatic heterocycles. The van der Waals surface area contributed by atoms with E-state index in [-0.39, 0.29) is 18.3 Å². The zero-order chi connectivity index (χ0) is 15.6. The molecule has 2 aromatic rings. The molecular formula is C17H17Cl2FN2O. The third-order valence-electron chi connectivity index (χ3n) is 3.72. The molecule has 2 aromatic carbocycles. The van der Waals surface area contributed by atoms with Gasteiger partial charge in [0.15, 0.2) is 0 Å². The summed E-state index contributed by atoms with van der Waals surface area (Å²) in [5.41, 5.74) is 1.02. The second kappa shape index (κ2) is 7.30. The molecule has 0 radical (unpaired) electrons. The molecule has 6 heteroatoms. The molecule has 1 heterocycles. The minimum absolute atomic E-state index is 0. The van der Waals surface area contributed by atoms with Crippen LogP contribution in [0.25, 0.3) is 0 Å². The molecule has 0 spiro atoms. The molecular weight excluding hydrogens is 338 g/mol. The van der Waals surface area contributed by atoms with Crippen LogP contribution >= 0.6 is 24.0 Å². The highest BCUT2D eigenvalue weighted by Crippen LogP contribution is 2.23. The fourth-order valence-electron chi connectivity index (χ4n) is 2.40. The van der Waals surface area contributed by atoms with Gasteiger partial charge >= 0.3 is 0 Å². The van der Waals surface area contributed by atoms with Crippen LogP contribution in [-0.2, 0) is 6.42 Å². The number of amides is 1. The lowest BCUT2D eigenvalue weighted by Crippen LogP contribution is -2.57. The largest absolute Gasteiger partial charge is 0.322 e. The van der Waals surface area contributed by atoms with Crippen LogP contribution in [0.1, 0.15) is 15.9 Å². The Morgan fingerprint density at radius 2 is 1.74 bits per heavy atom. The topological polar surface area (TPSA) is 41.1 Å². The average Bonchev–Trinajstić information content (AvgIpc) is 2.48. The summed E-state index contributed by atoms with van der Waals surface area (Å²) >= 11 is 5.80. The molecule has 1 saturated heterocycles. The molecule has 2 N–H and O–H groups in total. The van der Waals surface area contributed by atoms with E-state index in [1.807, 2.05) is 12.1 Å². The zero-order valence-electron chi connectivity index (χ0n) is 12.3. The Kier molecular flexibility index (Phi) is 5.63. The van der Waals surface area contributed by atoms with Crippen LogP contribution in [0.4, 0.5) is 10.1 Å². The molecule has 3 nitrogen and oxygen atoms in total. The van der Waals surface area contributed by atoms with E-state index in [1.165, 1.54) is 0 Å². The molecule has 122 valence electrons. The summed E-state index contributed by atoms with van der Waals surface area (Å²) in [6.07, 6.45) is 0.394. The van der Waals surface area contributed by atoms with Crippen molar-refractivity contribution in [2.75, 3.05) is 18.4 Å². The van der Waals surface area contributed by atoms with Crippen LogP contribution < -0.4 is 10.6 Å². The number of nitrogens with one attached hydrogen (secondary N) is 2. The smallest absolute Gasteiger partial charge is 0.255 e. The summed E-state index contributed by atoms with van der Waals surface area (Å²) in [4.78, 5) is 12.1. The molecule has 0 saturated carbocycles. The van der Waals surface area contributed by atoms with Crippen LogP contribution in [0.15, 0.2) is 48.5 Å². The predicted molar refractivity (Wildman–Crippen MR) is 93.5 cm³/mol. The Morgan fingerprint density at radius 1 is 1.13 bits per heavy atom. The monoisotopic (exact) mass is 354 g/mol. The van der Waals surface area contributed by atoms with Crippen LogP contribution in [0.5, 0.6) is 0 Å². The quantitative estimate of drug-likeness (QED) is 0.874. The number of carbonyl (C=O) groups excluding carboxylic acids is 1. The van der Waals surface area contributed by atoms with Gasteiger partial charge in [0.1, 0.15) is 5.67 Å². The van der Waals surface area contributed by atoms with Crippen molar-refractivity contribution in [2.24, 2.45) is 0 Å². The zero-order valence-corrected chi connectivity index (χ0v) is 13.9. The van der Waals surface area contributed by atoms with Gasteiger partial charge in [0.05, 0.1) is 0 Å². The van der Waals surface area contributed by atoms with E-state index in [9.17, 15) is 9.18 Å². The molecule has 0 atom stereocenters. The molecule has 1 amide bonds. The maximum Gasteiger partial charge on any atom is 0.255 e. The van der Waals surface area contributed by atoms with E-state index in [0.29, 0.717) is 35.8 Å². The highest BCUT2D eigenvalue weighted by atomic mass is 35.5. The van der Waals surface area contributed by atoms with E-state index in [0.717, 1.165) is 5.56 Å². The SMILES string of the molecule is Cl.O=C(Nc1ccc(CC2(F)CNC2)cc1)c1ccc(Cl)cc1. The van der Waals surface area contributed by atoms with E-state index in [2.05, 4.69) is 10.6 Å². The summed E-state index contributed by atoms with van der Waals surface area (Å²) in [7, 11) is 0. The first-order valence-electron chi connectivity index (χ1n) is 7.10. The lowest BCUT2D eigenvalue weighted by atomic mass is 9.91. The van der Waals surface area contributed by atoms with Gasteiger partial charge in [-0.25, -0.2) is 4.39 Å². The summed E-state index contributed by atoms with van der Waals surface area (Å²) in [5, 5.41) is 6.34. The first-order valence-corrected chi connectivity index (χ1v) is 7.47. The van der Waals surface area contributed by atoms with E-state index >= 15 is 0 Å². The number of rotatable bonds is 4. The molecule has 23 heavy (non-hydrogen) atoms. The molecule has 3 rings (SSSR count). The third-order valence-corrected chi connectivity index (χ3v) is 3.97. The molecule has 1 fully saturated rings. The van der Waals surface area contributed by atoms with Gasteiger partial charge in [-0.1, -0.05) is 23.7 Å². The summed E-state index contributed by atoms with van der Waals surface area (Å²) in [5.74, 6) is -0.199. The third kappa shape index (κ3) is 4.44. The normalized spacial score (nSPS) is 15.2. The van der Waals surface area contributed by atoms with Crippen LogP contribution in [0, 0.1) is 0 Å². The maximum absolute atomic E-state index is 14.0. The summed E-state index contributed by atoms with van der Waals surface area (Å²) in [6.45, 7) is 0.810. The Bertz CT molecular complexity index is 670. The molecule has 0 aliphatic carbocycles. The Balaban J connectivity index is 0.00000192. The number of anilines is 1. The number of halogens is 3. The van der Waals surface area contributed by atoms with Gasteiger partial charge in [-0.2, -0.15) is 0 Å². The van der Waals surface area contributed by atoms with Gasteiger partial charge in [-0.3, -0.25) is 4.79 Å². The fraction of sp³-hybridized carbons (Fsp3) is 0.235. The lowest BCUT2D eigenvalue weighted by molar-refractivity contribution is 0.0911. The van der Waals surface area contributed by atoms with Crippen molar-refractivity contribution in [3.8, 4) is 0 Å². The fourth-order valence-corrected chi connectivity index (χ4v) is 2.52. The highest BCUT2D eigenvalue weighted by molar-refractivity contribution is 6.30. The van der Waals surface area contributed by atoms with Gasteiger partial charge in [0.2, 0.25) is 0 Å². The van der Waals surface area contributed by atoms with Crippen LogP contribution in [0.2, 0.25) is 5.02 Å². The van der Waals surface area contributed by atoms with Crippen molar-refractivity contribution in [1.82, 2.24) is 5.32 Å². The first-order chi connectivity index (χ1) is 10.5. The van der Waals surface area contributed by atoms with Crippen molar-refractivity contribution in [3.05, 3.63) is 64.7 Å². The molecule has 1 aliphatic rings. The number of hydrogen-bond acceptors (Lipinski definition) is 2. The van der Waals surface area contributed by atoms with Crippen LogP contribution in [0.3, 0.4) is 0 Å². The maximum atomic E-state index is 14.0. The average molecular weight is 355 g/mol. The van der Waals surface area contributed by atoms with Gasteiger partial charge < -0.3 is 10.6 Å². The second-order valence-electron chi connectivity index (χ2n) is 5.59. The summed E-state index contributed by atoms with van der Waals surface area (Å²) in [6, 6.07) is 14.0. The minimum Gasteiger partial charge on any atom is -0.322 e. The Labute approximate surface area is 145 Å². The Morgan fingerprint density at radius 3 is 2.26 bits per heavy atom. The van der Waals surface area contributed by atoms with Gasteiger partial charge in [0.25, 0.3) is 5.91 Å².